The second-order valence-corrected chi connectivity index (χ2v) is 7.99. The van der Waals surface area contributed by atoms with Crippen LogP contribution in [0.15, 0.2) is 36.4 Å². The highest BCUT2D eigenvalue weighted by atomic mass is 19.1. The first-order valence-electron chi connectivity index (χ1n) is 10.7. The number of rotatable bonds is 7. The number of amides is 5. The van der Waals surface area contributed by atoms with Gasteiger partial charge in [-0.15, -0.1) is 0 Å². The summed E-state index contributed by atoms with van der Waals surface area (Å²) in [5.74, 6) is -3.12. The number of hydrogen-bond donors (Lipinski definition) is 4. The summed E-state index contributed by atoms with van der Waals surface area (Å²) in [5, 5.41) is 7.84. The Morgan fingerprint density at radius 3 is 2.65 bits per heavy atom. The van der Waals surface area contributed by atoms with Crippen LogP contribution in [0.4, 0.5) is 21.5 Å². The van der Waals surface area contributed by atoms with Crippen LogP contribution in [0.5, 0.6) is 0 Å². The first-order valence-corrected chi connectivity index (χ1v) is 10.7. The zero-order chi connectivity index (χ0) is 24.4. The standard InChI is InChI=1S/C23H22FN5O5/c24-12-6-7-15(14(25)11-12)27-18(30)5-2-10-26-16-4-1-3-13-20(16)23(34)29(22(13)33)17-8-9-19(31)28-21(17)32/h1,3-4,6-7,11,17,26H,2,5,8-10,25H2,(H,27,30)(H,28,31,32). The number of fused-ring (bicyclic) bond motifs is 1. The molecule has 0 spiro atoms. The van der Waals surface area contributed by atoms with E-state index in [1.165, 1.54) is 18.2 Å². The fourth-order valence-electron chi connectivity index (χ4n) is 3.99. The molecule has 0 saturated carbocycles. The van der Waals surface area contributed by atoms with Crippen molar-refractivity contribution in [1.29, 1.82) is 0 Å². The summed E-state index contributed by atoms with van der Waals surface area (Å²) in [4.78, 5) is 62.6. The number of anilines is 3. The summed E-state index contributed by atoms with van der Waals surface area (Å²) in [6, 6.07) is 7.41. The summed E-state index contributed by atoms with van der Waals surface area (Å²) >= 11 is 0. The van der Waals surface area contributed by atoms with E-state index < -0.39 is 35.5 Å². The van der Waals surface area contributed by atoms with Crippen LogP contribution in [0, 0.1) is 5.82 Å². The van der Waals surface area contributed by atoms with Crippen molar-refractivity contribution in [1.82, 2.24) is 10.2 Å². The van der Waals surface area contributed by atoms with E-state index in [1.807, 2.05) is 0 Å². The van der Waals surface area contributed by atoms with Gasteiger partial charge in [0.2, 0.25) is 17.7 Å². The number of nitrogens with zero attached hydrogens (tertiary/aromatic N) is 1. The zero-order valence-corrected chi connectivity index (χ0v) is 18.0. The third-order valence-corrected chi connectivity index (χ3v) is 5.65. The predicted octanol–water partition coefficient (Wildman–Crippen LogP) is 1.64. The van der Waals surface area contributed by atoms with Gasteiger partial charge in [-0.3, -0.25) is 34.2 Å². The van der Waals surface area contributed by atoms with Crippen molar-refractivity contribution < 1.29 is 28.4 Å². The van der Waals surface area contributed by atoms with Crippen molar-refractivity contribution in [3.63, 3.8) is 0 Å². The summed E-state index contributed by atoms with van der Waals surface area (Å²) in [7, 11) is 0. The minimum Gasteiger partial charge on any atom is -0.397 e. The SMILES string of the molecule is Nc1cc(F)ccc1NC(=O)CCCNc1cccc2c1C(=O)N(C1CCC(=O)NC1=O)C2=O. The van der Waals surface area contributed by atoms with Crippen LogP contribution in [-0.4, -0.2) is 47.0 Å². The fourth-order valence-corrected chi connectivity index (χ4v) is 3.99. The van der Waals surface area contributed by atoms with Crippen molar-refractivity contribution in [2.45, 2.75) is 31.7 Å². The molecule has 10 nitrogen and oxygen atoms in total. The van der Waals surface area contributed by atoms with Crippen LogP contribution in [0.1, 0.15) is 46.4 Å². The third-order valence-electron chi connectivity index (χ3n) is 5.65. The monoisotopic (exact) mass is 467 g/mol. The minimum absolute atomic E-state index is 0.0422. The fraction of sp³-hybridized carbons (Fsp3) is 0.261. The summed E-state index contributed by atoms with van der Waals surface area (Å²) < 4.78 is 13.1. The van der Waals surface area contributed by atoms with Crippen molar-refractivity contribution in [2.75, 3.05) is 22.9 Å². The number of hydrogen-bond acceptors (Lipinski definition) is 7. The third kappa shape index (κ3) is 4.45. The molecule has 0 radical (unpaired) electrons. The maximum atomic E-state index is 13.1. The number of nitrogens with two attached hydrogens (primary N) is 1. The Hall–Kier alpha value is -4.28. The molecule has 5 N–H and O–H groups in total. The highest BCUT2D eigenvalue weighted by molar-refractivity contribution is 6.25. The molecule has 11 heteroatoms. The van der Waals surface area contributed by atoms with Crippen LogP contribution in [-0.2, 0) is 14.4 Å². The maximum absolute atomic E-state index is 13.1. The molecule has 1 fully saturated rings. The number of carbonyl (C=O) groups excluding carboxylic acids is 5. The van der Waals surface area contributed by atoms with Crippen molar-refractivity contribution >= 4 is 46.6 Å². The molecule has 1 unspecified atom stereocenters. The number of nitrogen functional groups attached to an aromatic ring is 1. The molecule has 176 valence electrons. The molecule has 2 heterocycles. The molecule has 2 aliphatic rings. The van der Waals surface area contributed by atoms with Gasteiger partial charge in [-0.1, -0.05) is 6.07 Å². The van der Waals surface area contributed by atoms with E-state index in [1.54, 1.807) is 12.1 Å². The van der Waals surface area contributed by atoms with Gasteiger partial charge in [-0.2, -0.15) is 0 Å². The highest BCUT2D eigenvalue weighted by Crippen LogP contribution is 2.32. The van der Waals surface area contributed by atoms with E-state index in [2.05, 4.69) is 16.0 Å². The lowest BCUT2D eigenvalue weighted by Crippen LogP contribution is -2.54. The van der Waals surface area contributed by atoms with Gasteiger partial charge >= 0.3 is 0 Å². The van der Waals surface area contributed by atoms with E-state index in [-0.39, 0.29) is 42.0 Å². The Kier molecular flexibility index (Phi) is 6.26. The molecule has 0 aliphatic carbocycles. The normalized spacial score (nSPS) is 17.4. The Morgan fingerprint density at radius 1 is 1.12 bits per heavy atom. The summed E-state index contributed by atoms with van der Waals surface area (Å²) in [6.45, 7) is 0.322. The van der Waals surface area contributed by atoms with Gasteiger partial charge in [-0.25, -0.2) is 4.39 Å². The Bertz CT molecular complexity index is 1210. The van der Waals surface area contributed by atoms with Gasteiger partial charge in [0, 0.05) is 25.1 Å². The second kappa shape index (κ2) is 9.30. The molecule has 4 rings (SSSR count). The van der Waals surface area contributed by atoms with Crippen molar-refractivity contribution in [3.8, 4) is 0 Å². The van der Waals surface area contributed by atoms with E-state index in [4.69, 9.17) is 5.73 Å². The maximum Gasteiger partial charge on any atom is 0.264 e. The predicted molar refractivity (Wildman–Crippen MR) is 120 cm³/mol. The van der Waals surface area contributed by atoms with Crippen molar-refractivity contribution in [3.05, 3.63) is 53.3 Å². The van der Waals surface area contributed by atoms with E-state index in [0.717, 1.165) is 11.0 Å². The van der Waals surface area contributed by atoms with Crippen LogP contribution in [0.25, 0.3) is 0 Å². The number of piperidine rings is 1. The molecule has 2 aliphatic heterocycles. The number of imide groups is 2. The quantitative estimate of drug-likeness (QED) is 0.275. The minimum atomic E-state index is -1.04. The largest absolute Gasteiger partial charge is 0.397 e. The lowest BCUT2D eigenvalue weighted by Gasteiger charge is -2.27. The number of carbonyl (C=O) groups is 5. The van der Waals surface area contributed by atoms with Crippen molar-refractivity contribution in [2.24, 2.45) is 0 Å². The Labute approximate surface area is 193 Å². The number of halogens is 1. The molecule has 2 aromatic rings. The molecule has 0 bridgehead atoms. The van der Waals surface area contributed by atoms with Crippen LogP contribution >= 0.6 is 0 Å². The molecule has 2 aromatic carbocycles. The van der Waals surface area contributed by atoms with E-state index in [9.17, 15) is 28.4 Å². The van der Waals surface area contributed by atoms with E-state index >= 15 is 0 Å². The average Bonchev–Trinajstić information content (AvgIpc) is 3.04. The molecule has 0 aromatic heterocycles. The Balaban J connectivity index is 1.37. The van der Waals surface area contributed by atoms with Crippen LogP contribution in [0.2, 0.25) is 0 Å². The van der Waals surface area contributed by atoms with Gasteiger partial charge in [0.1, 0.15) is 11.9 Å². The van der Waals surface area contributed by atoms with Gasteiger partial charge < -0.3 is 16.4 Å². The smallest absolute Gasteiger partial charge is 0.264 e. The van der Waals surface area contributed by atoms with Gasteiger partial charge in [0.05, 0.1) is 22.5 Å². The average molecular weight is 467 g/mol. The Morgan fingerprint density at radius 2 is 1.91 bits per heavy atom. The summed E-state index contributed by atoms with van der Waals surface area (Å²) in [6.07, 6.45) is 0.650. The van der Waals surface area contributed by atoms with Gasteiger partial charge in [0.25, 0.3) is 11.8 Å². The molecule has 34 heavy (non-hydrogen) atoms. The number of benzene rings is 2. The molecule has 1 atom stereocenters. The zero-order valence-electron chi connectivity index (χ0n) is 18.0. The van der Waals surface area contributed by atoms with E-state index in [0.29, 0.717) is 24.3 Å². The second-order valence-electron chi connectivity index (χ2n) is 7.99. The number of nitrogens with one attached hydrogen (secondary N) is 3. The highest BCUT2D eigenvalue weighted by Gasteiger charge is 2.45. The molecular weight excluding hydrogens is 445 g/mol. The molecule has 5 amide bonds. The van der Waals surface area contributed by atoms with Gasteiger partial charge in [0.15, 0.2) is 0 Å². The first-order chi connectivity index (χ1) is 16.3. The molecule has 1 saturated heterocycles. The topological polar surface area (TPSA) is 151 Å². The van der Waals surface area contributed by atoms with Crippen LogP contribution in [0.3, 0.4) is 0 Å². The van der Waals surface area contributed by atoms with Crippen LogP contribution < -0.4 is 21.7 Å². The lowest BCUT2D eigenvalue weighted by atomic mass is 10.0. The first kappa shape index (κ1) is 22.9. The van der Waals surface area contributed by atoms with Gasteiger partial charge in [-0.05, 0) is 43.2 Å². The molecular formula is C23H22FN5O5. The summed E-state index contributed by atoms with van der Waals surface area (Å²) in [5.41, 5.74) is 6.86. The lowest BCUT2D eigenvalue weighted by molar-refractivity contribution is -0.136.